The summed E-state index contributed by atoms with van der Waals surface area (Å²) >= 11 is 5.70. The number of nitrogens with two attached hydrogens (primary N) is 1. The number of hydrogen-bond donors (Lipinski definition) is 2. The average molecular weight is 259 g/mol. The molecule has 0 saturated heterocycles. The van der Waals surface area contributed by atoms with Gasteiger partial charge in [0.05, 0.1) is 24.4 Å². The van der Waals surface area contributed by atoms with E-state index in [4.69, 9.17) is 22.1 Å². The standard InChI is InChI=1S/C10H15ClN4O2/c1-3-17-7(16)4-5-13-9-8(12)6(2)14-10(11)15-9/h3-5,12H2,1-2H3,(H,13,14,15). The molecule has 1 rings (SSSR count). The van der Waals surface area contributed by atoms with Gasteiger partial charge in [-0.1, -0.05) is 0 Å². The number of carbonyl (C=O) groups is 1. The van der Waals surface area contributed by atoms with E-state index in [-0.39, 0.29) is 17.7 Å². The van der Waals surface area contributed by atoms with E-state index < -0.39 is 0 Å². The Balaban J connectivity index is 2.55. The number of hydrogen-bond acceptors (Lipinski definition) is 6. The van der Waals surface area contributed by atoms with E-state index in [1.54, 1.807) is 13.8 Å². The molecule has 0 amide bonds. The van der Waals surface area contributed by atoms with Gasteiger partial charge in [0.2, 0.25) is 5.28 Å². The zero-order valence-electron chi connectivity index (χ0n) is 9.79. The van der Waals surface area contributed by atoms with Crippen LogP contribution in [0.25, 0.3) is 0 Å². The SMILES string of the molecule is CCOC(=O)CCNc1nc(Cl)nc(C)c1N. The Labute approximate surface area is 105 Å². The predicted molar refractivity (Wildman–Crippen MR) is 65.9 cm³/mol. The molecule has 0 saturated carbocycles. The second-order valence-electron chi connectivity index (χ2n) is 3.32. The van der Waals surface area contributed by atoms with Crippen molar-refractivity contribution >= 4 is 29.1 Å². The van der Waals surface area contributed by atoms with Crippen LogP contribution in [-0.4, -0.2) is 29.1 Å². The Bertz CT molecular complexity index is 412. The van der Waals surface area contributed by atoms with E-state index in [1.807, 2.05) is 0 Å². The molecule has 0 aliphatic rings. The lowest BCUT2D eigenvalue weighted by atomic mass is 10.3. The van der Waals surface area contributed by atoms with Gasteiger partial charge in [0.1, 0.15) is 0 Å². The van der Waals surface area contributed by atoms with Gasteiger partial charge in [0.25, 0.3) is 0 Å². The summed E-state index contributed by atoms with van der Waals surface area (Å²) in [5.41, 5.74) is 6.79. The molecule has 94 valence electrons. The highest BCUT2D eigenvalue weighted by Crippen LogP contribution is 2.20. The van der Waals surface area contributed by atoms with Crippen LogP contribution in [0, 0.1) is 6.92 Å². The number of nitrogen functional groups attached to an aromatic ring is 1. The maximum absolute atomic E-state index is 11.1. The van der Waals surface area contributed by atoms with Crippen LogP contribution in [0.4, 0.5) is 11.5 Å². The molecule has 0 fully saturated rings. The summed E-state index contributed by atoms with van der Waals surface area (Å²) in [5.74, 6) is 0.169. The molecular formula is C10H15ClN4O2. The largest absolute Gasteiger partial charge is 0.466 e. The smallest absolute Gasteiger partial charge is 0.307 e. The molecule has 3 N–H and O–H groups in total. The van der Waals surface area contributed by atoms with Crippen molar-refractivity contribution in [2.75, 3.05) is 24.2 Å². The quantitative estimate of drug-likeness (QED) is 0.613. The number of nitrogens with zero attached hydrogens (tertiary/aromatic N) is 2. The number of aryl methyl sites for hydroxylation is 1. The van der Waals surface area contributed by atoms with Crippen LogP contribution < -0.4 is 11.1 Å². The van der Waals surface area contributed by atoms with Crippen LogP contribution >= 0.6 is 11.6 Å². The van der Waals surface area contributed by atoms with Crippen molar-refractivity contribution in [2.45, 2.75) is 20.3 Å². The highest BCUT2D eigenvalue weighted by molar-refractivity contribution is 6.28. The molecule has 0 aromatic carbocycles. The molecule has 0 unspecified atom stereocenters. The molecule has 0 radical (unpaired) electrons. The first-order valence-corrected chi connectivity index (χ1v) is 5.61. The number of nitrogens with one attached hydrogen (secondary N) is 1. The van der Waals surface area contributed by atoms with Gasteiger partial charge in [-0.3, -0.25) is 4.79 Å². The molecule has 0 atom stereocenters. The minimum absolute atomic E-state index is 0.121. The number of rotatable bonds is 5. The normalized spacial score (nSPS) is 10.1. The van der Waals surface area contributed by atoms with Gasteiger partial charge in [0.15, 0.2) is 5.82 Å². The molecule has 0 aliphatic carbocycles. The molecule has 1 aromatic rings. The topological polar surface area (TPSA) is 90.1 Å². The fourth-order valence-corrected chi connectivity index (χ4v) is 1.41. The summed E-state index contributed by atoms with van der Waals surface area (Å²) in [6.07, 6.45) is 0.244. The lowest BCUT2D eigenvalue weighted by Crippen LogP contribution is -2.13. The second kappa shape index (κ2) is 6.24. The third-order valence-electron chi connectivity index (χ3n) is 2.04. The van der Waals surface area contributed by atoms with Gasteiger partial charge in [0, 0.05) is 6.54 Å². The molecule has 1 aromatic heterocycles. The first kappa shape index (κ1) is 13.5. The van der Waals surface area contributed by atoms with Gasteiger partial charge in [-0.15, -0.1) is 0 Å². The van der Waals surface area contributed by atoms with Gasteiger partial charge >= 0.3 is 5.97 Å². The highest BCUT2D eigenvalue weighted by Gasteiger charge is 2.08. The van der Waals surface area contributed by atoms with E-state index in [9.17, 15) is 4.79 Å². The second-order valence-corrected chi connectivity index (χ2v) is 3.66. The van der Waals surface area contributed by atoms with Gasteiger partial charge in [-0.2, -0.15) is 4.98 Å². The van der Waals surface area contributed by atoms with Crippen molar-refractivity contribution in [1.29, 1.82) is 0 Å². The van der Waals surface area contributed by atoms with Crippen molar-refractivity contribution in [1.82, 2.24) is 9.97 Å². The predicted octanol–water partition coefficient (Wildman–Crippen LogP) is 1.39. The third kappa shape index (κ3) is 4.07. The Morgan fingerprint density at radius 1 is 1.53 bits per heavy atom. The van der Waals surface area contributed by atoms with Gasteiger partial charge in [-0.25, -0.2) is 4.98 Å². The van der Waals surface area contributed by atoms with Crippen molar-refractivity contribution in [3.8, 4) is 0 Å². The van der Waals surface area contributed by atoms with Crippen molar-refractivity contribution < 1.29 is 9.53 Å². The summed E-state index contributed by atoms with van der Waals surface area (Å²) in [5, 5.41) is 3.04. The fraction of sp³-hybridized carbons (Fsp3) is 0.500. The summed E-state index contributed by atoms with van der Waals surface area (Å²) in [4.78, 5) is 18.9. The summed E-state index contributed by atoms with van der Waals surface area (Å²) in [6, 6.07) is 0. The van der Waals surface area contributed by atoms with Crippen molar-refractivity contribution in [3.63, 3.8) is 0 Å². The summed E-state index contributed by atoms with van der Waals surface area (Å²) in [6.45, 7) is 4.26. The Hall–Kier alpha value is -1.56. The van der Waals surface area contributed by atoms with Crippen molar-refractivity contribution in [2.24, 2.45) is 0 Å². The fourth-order valence-electron chi connectivity index (χ4n) is 1.20. The molecule has 0 bridgehead atoms. The first-order chi connectivity index (χ1) is 8.04. The number of ether oxygens (including phenoxy) is 1. The van der Waals surface area contributed by atoms with E-state index in [0.717, 1.165) is 0 Å². The highest BCUT2D eigenvalue weighted by atomic mass is 35.5. The summed E-state index contributed by atoms with van der Waals surface area (Å²) in [7, 11) is 0. The van der Waals surface area contributed by atoms with Crippen molar-refractivity contribution in [3.05, 3.63) is 11.0 Å². The monoisotopic (exact) mass is 258 g/mol. The molecule has 0 aliphatic heterocycles. The van der Waals surface area contributed by atoms with Crippen LogP contribution in [0.1, 0.15) is 19.0 Å². The number of anilines is 2. The number of esters is 1. The Kier molecular flexibility index (Phi) is 4.96. The van der Waals surface area contributed by atoms with Crippen LogP contribution in [0.5, 0.6) is 0 Å². The molecule has 7 heteroatoms. The number of carbonyl (C=O) groups excluding carboxylic acids is 1. The number of aromatic nitrogens is 2. The van der Waals surface area contributed by atoms with Gasteiger partial charge < -0.3 is 15.8 Å². The maximum atomic E-state index is 11.1. The molecule has 17 heavy (non-hydrogen) atoms. The van der Waals surface area contributed by atoms with E-state index in [1.165, 1.54) is 0 Å². The molecule has 0 spiro atoms. The Morgan fingerprint density at radius 3 is 2.88 bits per heavy atom. The van der Waals surface area contributed by atoms with Crippen LogP contribution in [0.15, 0.2) is 0 Å². The van der Waals surface area contributed by atoms with Crippen LogP contribution in [0.2, 0.25) is 5.28 Å². The van der Waals surface area contributed by atoms with E-state index >= 15 is 0 Å². The van der Waals surface area contributed by atoms with Crippen LogP contribution in [0.3, 0.4) is 0 Å². The lowest BCUT2D eigenvalue weighted by molar-refractivity contribution is -0.142. The third-order valence-corrected chi connectivity index (χ3v) is 2.20. The summed E-state index contributed by atoms with van der Waals surface area (Å²) < 4.78 is 4.79. The zero-order valence-corrected chi connectivity index (χ0v) is 10.5. The molecular weight excluding hydrogens is 244 g/mol. The average Bonchev–Trinajstić information content (AvgIpc) is 2.25. The first-order valence-electron chi connectivity index (χ1n) is 5.23. The van der Waals surface area contributed by atoms with Gasteiger partial charge in [-0.05, 0) is 25.4 Å². The minimum Gasteiger partial charge on any atom is -0.466 e. The number of halogens is 1. The maximum Gasteiger partial charge on any atom is 0.307 e. The minimum atomic E-state index is -0.268. The van der Waals surface area contributed by atoms with E-state index in [0.29, 0.717) is 30.4 Å². The Morgan fingerprint density at radius 2 is 2.24 bits per heavy atom. The lowest BCUT2D eigenvalue weighted by Gasteiger charge is -2.09. The molecule has 1 heterocycles. The molecule has 6 nitrogen and oxygen atoms in total. The van der Waals surface area contributed by atoms with Crippen LogP contribution in [-0.2, 0) is 9.53 Å². The van der Waals surface area contributed by atoms with E-state index in [2.05, 4.69) is 15.3 Å². The zero-order chi connectivity index (χ0) is 12.8.